The van der Waals surface area contributed by atoms with E-state index >= 15 is 0 Å². The number of fused-ring (bicyclic) bond motifs is 1. The molecule has 2 rings (SSSR count). The molecule has 0 aliphatic heterocycles. The highest BCUT2D eigenvalue weighted by Gasteiger charge is 2.16. The molecule has 0 bridgehead atoms. The van der Waals surface area contributed by atoms with Crippen molar-refractivity contribution in [3.05, 3.63) is 36.4 Å². The van der Waals surface area contributed by atoms with Crippen LogP contribution in [0.5, 0.6) is 5.88 Å². The molecule has 0 aliphatic carbocycles. The van der Waals surface area contributed by atoms with Crippen molar-refractivity contribution in [3.8, 4) is 5.88 Å². The fourth-order valence-corrected chi connectivity index (χ4v) is 1.56. The topological polar surface area (TPSA) is 79.1 Å². The van der Waals surface area contributed by atoms with E-state index in [0.717, 1.165) is 10.9 Å². The summed E-state index contributed by atoms with van der Waals surface area (Å²) < 4.78 is 0. The van der Waals surface area contributed by atoms with Crippen molar-refractivity contribution in [2.24, 2.45) is 5.73 Å². The van der Waals surface area contributed by atoms with Crippen molar-refractivity contribution in [2.75, 3.05) is 0 Å². The van der Waals surface area contributed by atoms with Gasteiger partial charge in [-0.1, -0.05) is 24.8 Å². The van der Waals surface area contributed by atoms with E-state index in [1.807, 2.05) is 12.1 Å². The van der Waals surface area contributed by atoms with Crippen LogP contribution >= 0.6 is 0 Å². The van der Waals surface area contributed by atoms with E-state index in [9.17, 15) is 9.90 Å². The smallest absolute Gasteiger partial charge is 0.248 e. The highest BCUT2D eigenvalue weighted by atomic mass is 16.3. The minimum Gasteiger partial charge on any atom is -0.494 e. The zero-order valence-electron chi connectivity index (χ0n) is 7.95. The van der Waals surface area contributed by atoms with Gasteiger partial charge in [0.05, 0.1) is 5.56 Å². The highest BCUT2D eigenvalue weighted by Crippen LogP contribution is 2.31. The number of rotatable bonds is 2. The Balaban J connectivity index is 2.74. The average molecular weight is 202 g/mol. The van der Waals surface area contributed by atoms with Gasteiger partial charge in [0.15, 0.2) is 5.88 Å². The number of primary amides is 1. The molecule has 0 saturated carbocycles. The molecule has 1 aromatic heterocycles. The minimum atomic E-state index is -0.643. The van der Waals surface area contributed by atoms with Gasteiger partial charge < -0.3 is 15.8 Å². The molecule has 0 atom stereocenters. The van der Waals surface area contributed by atoms with Gasteiger partial charge in [-0.2, -0.15) is 0 Å². The van der Waals surface area contributed by atoms with E-state index in [1.54, 1.807) is 12.1 Å². The Bertz CT molecular complexity index is 555. The van der Waals surface area contributed by atoms with Gasteiger partial charge >= 0.3 is 0 Å². The summed E-state index contributed by atoms with van der Waals surface area (Å²) >= 11 is 0. The van der Waals surface area contributed by atoms with Gasteiger partial charge in [0, 0.05) is 16.5 Å². The van der Waals surface area contributed by atoms with Crippen molar-refractivity contribution < 1.29 is 9.90 Å². The number of para-hydroxylation sites is 1. The SMILES string of the molecule is C=C(C(N)=O)c1c(O)[nH]c2ccccc12. The largest absolute Gasteiger partial charge is 0.494 e. The molecule has 1 aromatic carbocycles. The van der Waals surface area contributed by atoms with Crippen LogP contribution in [0.15, 0.2) is 30.8 Å². The van der Waals surface area contributed by atoms with Crippen molar-refractivity contribution in [2.45, 2.75) is 0 Å². The van der Waals surface area contributed by atoms with Crippen molar-refractivity contribution in [1.29, 1.82) is 0 Å². The molecule has 0 saturated heterocycles. The van der Waals surface area contributed by atoms with E-state index in [0.29, 0.717) is 5.56 Å². The van der Waals surface area contributed by atoms with E-state index in [2.05, 4.69) is 11.6 Å². The van der Waals surface area contributed by atoms with Crippen LogP contribution < -0.4 is 5.73 Å². The van der Waals surface area contributed by atoms with Gasteiger partial charge in [-0.3, -0.25) is 4.79 Å². The molecule has 76 valence electrons. The summed E-state index contributed by atoms with van der Waals surface area (Å²) in [4.78, 5) is 13.7. The third-order valence-electron chi connectivity index (χ3n) is 2.29. The predicted octanol–water partition coefficient (Wildman–Crippen LogP) is 1.37. The van der Waals surface area contributed by atoms with Crippen LogP contribution in [0.25, 0.3) is 16.5 Å². The van der Waals surface area contributed by atoms with Gasteiger partial charge in [0.2, 0.25) is 5.91 Å². The number of nitrogens with one attached hydrogen (secondary N) is 1. The number of carbonyl (C=O) groups is 1. The Kier molecular flexibility index (Phi) is 1.97. The summed E-state index contributed by atoms with van der Waals surface area (Å²) in [5.41, 5.74) is 6.34. The summed E-state index contributed by atoms with van der Waals surface area (Å²) in [5.74, 6) is -0.727. The van der Waals surface area contributed by atoms with Crippen molar-refractivity contribution in [3.63, 3.8) is 0 Å². The van der Waals surface area contributed by atoms with Crippen LogP contribution in [0.2, 0.25) is 0 Å². The minimum absolute atomic E-state index is 0.0833. The lowest BCUT2D eigenvalue weighted by Gasteiger charge is -1.99. The Hall–Kier alpha value is -2.23. The number of amides is 1. The number of nitrogens with two attached hydrogens (primary N) is 1. The summed E-state index contributed by atoms with van der Waals surface area (Å²) in [7, 11) is 0. The number of aromatic hydroxyl groups is 1. The monoisotopic (exact) mass is 202 g/mol. The van der Waals surface area contributed by atoms with E-state index in [-0.39, 0.29) is 11.5 Å². The first kappa shape index (κ1) is 9.33. The molecule has 1 amide bonds. The number of hydrogen-bond acceptors (Lipinski definition) is 2. The Morgan fingerprint density at radius 2 is 2.07 bits per heavy atom. The predicted molar refractivity (Wildman–Crippen MR) is 58.2 cm³/mol. The van der Waals surface area contributed by atoms with Crippen LogP contribution in [0.3, 0.4) is 0 Å². The molecule has 1 heterocycles. The lowest BCUT2D eigenvalue weighted by molar-refractivity contribution is -0.112. The summed E-state index contributed by atoms with van der Waals surface area (Å²) in [6.07, 6.45) is 0. The highest BCUT2D eigenvalue weighted by molar-refractivity contribution is 6.22. The molecule has 0 unspecified atom stereocenters. The van der Waals surface area contributed by atoms with Crippen LogP contribution in [0.1, 0.15) is 5.56 Å². The third-order valence-corrected chi connectivity index (χ3v) is 2.29. The molecule has 0 aliphatic rings. The first-order valence-electron chi connectivity index (χ1n) is 4.40. The molecular weight excluding hydrogens is 192 g/mol. The van der Waals surface area contributed by atoms with Crippen molar-refractivity contribution >= 4 is 22.4 Å². The summed E-state index contributed by atoms with van der Waals surface area (Å²) in [6.45, 7) is 3.55. The van der Waals surface area contributed by atoms with Gasteiger partial charge in [0.25, 0.3) is 0 Å². The number of benzene rings is 1. The van der Waals surface area contributed by atoms with Gasteiger partial charge in [-0.15, -0.1) is 0 Å². The van der Waals surface area contributed by atoms with Crippen LogP contribution in [-0.4, -0.2) is 16.0 Å². The number of aromatic amines is 1. The standard InChI is InChI=1S/C11H10N2O2/c1-6(10(12)14)9-7-4-2-3-5-8(7)13-11(9)15/h2-5,13,15H,1H2,(H2,12,14). The zero-order valence-corrected chi connectivity index (χ0v) is 7.95. The fraction of sp³-hybridized carbons (Fsp3) is 0. The van der Waals surface area contributed by atoms with Crippen LogP contribution in [0, 0.1) is 0 Å². The number of hydrogen-bond donors (Lipinski definition) is 3. The summed E-state index contributed by atoms with van der Waals surface area (Å²) in [6, 6.07) is 7.23. The molecule has 4 nitrogen and oxygen atoms in total. The van der Waals surface area contributed by atoms with Crippen LogP contribution in [-0.2, 0) is 4.79 Å². The molecule has 0 fully saturated rings. The van der Waals surface area contributed by atoms with E-state index < -0.39 is 5.91 Å². The Morgan fingerprint density at radius 3 is 2.73 bits per heavy atom. The fourth-order valence-electron chi connectivity index (χ4n) is 1.56. The molecular formula is C11H10N2O2. The first-order chi connectivity index (χ1) is 7.11. The number of H-pyrrole nitrogens is 1. The molecule has 2 aromatic rings. The number of carbonyl (C=O) groups excluding carboxylic acids is 1. The maximum absolute atomic E-state index is 11.0. The molecule has 0 radical (unpaired) electrons. The Labute approximate surface area is 86.0 Å². The second kappa shape index (κ2) is 3.16. The first-order valence-corrected chi connectivity index (χ1v) is 4.40. The lowest BCUT2D eigenvalue weighted by Crippen LogP contribution is -2.11. The maximum Gasteiger partial charge on any atom is 0.248 e. The quantitative estimate of drug-likeness (QED) is 0.643. The van der Waals surface area contributed by atoms with E-state index in [4.69, 9.17) is 5.73 Å². The Morgan fingerprint density at radius 1 is 1.40 bits per heavy atom. The molecule has 0 spiro atoms. The normalized spacial score (nSPS) is 10.4. The van der Waals surface area contributed by atoms with E-state index in [1.165, 1.54) is 0 Å². The molecule has 15 heavy (non-hydrogen) atoms. The van der Waals surface area contributed by atoms with Crippen LogP contribution in [0.4, 0.5) is 0 Å². The lowest BCUT2D eigenvalue weighted by atomic mass is 10.1. The second-order valence-corrected chi connectivity index (χ2v) is 3.24. The van der Waals surface area contributed by atoms with Gasteiger partial charge in [-0.05, 0) is 6.07 Å². The van der Waals surface area contributed by atoms with Crippen molar-refractivity contribution in [1.82, 2.24) is 4.98 Å². The van der Waals surface area contributed by atoms with Gasteiger partial charge in [0.1, 0.15) is 0 Å². The van der Waals surface area contributed by atoms with Gasteiger partial charge in [-0.25, -0.2) is 0 Å². The molecule has 4 N–H and O–H groups in total. The average Bonchev–Trinajstić information content (AvgIpc) is 2.52. The summed E-state index contributed by atoms with van der Waals surface area (Å²) in [5, 5.41) is 10.4. The number of aromatic nitrogens is 1. The maximum atomic E-state index is 11.0. The second-order valence-electron chi connectivity index (χ2n) is 3.24. The third kappa shape index (κ3) is 1.36. The zero-order chi connectivity index (χ0) is 11.0. The molecule has 4 heteroatoms.